The maximum atomic E-state index is 11.3. The van der Waals surface area contributed by atoms with Gasteiger partial charge in [0.2, 0.25) is 0 Å². The molecule has 1 aromatic carbocycles. The van der Waals surface area contributed by atoms with Crippen LogP contribution in [0.4, 0.5) is 0 Å². The average Bonchev–Trinajstić information content (AvgIpc) is 2.45. The van der Waals surface area contributed by atoms with Crippen molar-refractivity contribution in [1.29, 1.82) is 0 Å². The molecule has 0 spiro atoms. The van der Waals surface area contributed by atoms with Crippen molar-refractivity contribution in [2.75, 3.05) is 6.54 Å². The summed E-state index contributed by atoms with van der Waals surface area (Å²) in [7, 11) is 0. The molecular formula is C14H23NO3. The van der Waals surface area contributed by atoms with E-state index >= 15 is 0 Å². The van der Waals surface area contributed by atoms with Gasteiger partial charge in [-0.2, -0.15) is 0 Å². The number of nitrogens with one attached hydrogen (secondary N) is 1. The molecule has 1 aromatic rings. The molecule has 0 radical (unpaired) electrons. The molecule has 0 bridgehead atoms. The summed E-state index contributed by atoms with van der Waals surface area (Å²) in [5.41, 5.74) is 0.546. The minimum absolute atomic E-state index is 0.134. The molecule has 0 unspecified atom stereocenters. The summed E-state index contributed by atoms with van der Waals surface area (Å²) in [5, 5.41) is 2.66. The smallest absolute Gasteiger partial charge is 0.298 e. The van der Waals surface area contributed by atoms with Gasteiger partial charge in [-0.05, 0) is 31.2 Å². The van der Waals surface area contributed by atoms with Crippen molar-refractivity contribution in [3.8, 4) is 5.75 Å². The minimum Gasteiger partial charge on any atom is -0.429 e. The third kappa shape index (κ3) is 7.44. The number of rotatable bonds is 4. The van der Waals surface area contributed by atoms with Crippen molar-refractivity contribution in [3.05, 3.63) is 29.8 Å². The molecule has 0 aliphatic heterocycles. The molecule has 0 fully saturated rings. The number of ether oxygens (including phenoxy) is 1. The maximum absolute atomic E-state index is 11.3. The van der Waals surface area contributed by atoms with Gasteiger partial charge in [-0.25, -0.2) is 0 Å². The van der Waals surface area contributed by atoms with Gasteiger partial charge in [-0.1, -0.05) is 27.7 Å². The molecule has 102 valence electrons. The molecule has 0 aromatic heterocycles. The van der Waals surface area contributed by atoms with E-state index < -0.39 is 0 Å². The first-order valence-corrected chi connectivity index (χ1v) is 6.26. The standard InChI is InChI=1S/C10H11NO3.2C2H6/c1-2-11-10(13)8-3-5-9(6-4-8)14-7-12;2*1-2/h3-7H,2H2,1H3,(H,11,13);2*1-2H3. The van der Waals surface area contributed by atoms with Crippen LogP contribution in [0.1, 0.15) is 45.0 Å². The van der Waals surface area contributed by atoms with Gasteiger partial charge in [-0.3, -0.25) is 9.59 Å². The monoisotopic (exact) mass is 253 g/mol. The van der Waals surface area contributed by atoms with Crippen LogP contribution in [0.3, 0.4) is 0 Å². The Labute approximate surface area is 109 Å². The van der Waals surface area contributed by atoms with Crippen LogP contribution in [0.2, 0.25) is 0 Å². The summed E-state index contributed by atoms with van der Waals surface area (Å²) in [6, 6.07) is 6.34. The molecule has 0 aliphatic rings. The van der Waals surface area contributed by atoms with Gasteiger partial charge < -0.3 is 10.1 Å². The number of hydrogen-bond acceptors (Lipinski definition) is 3. The van der Waals surface area contributed by atoms with E-state index in [0.717, 1.165) is 0 Å². The second-order valence-electron chi connectivity index (χ2n) is 2.60. The first kappa shape index (κ1) is 18.5. The summed E-state index contributed by atoms with van der Waals surface area (Å²) in [6.45, 7) is 10.8. The highest BCUT2D eigenvalue weighted by atomic mass is 16.5. The largest absolute Gasteiger partial charge is 0.429 e. The van der Waals surface area contributed by atoms with Gasteiger partial charge in [0, 0.05) is 12.1 Å². The molecule has 1 amide bonds. The van der Waals surface area contributed by atoms with Crippen LogP contribution in [-0.4, -0.2) is 18.9 Å². The van der Waals surface area contributed by atoms with Crippen LogP contribution in [0, 0.1) is 0 Å². The summed E-state index contributed by atoms with van der Waals surface area (Å²) >= 11 is 0. The predicted molar refractivity (Wildman–Crippen MR) is 73.8 cm³/mol. The molecule has 1 rings (SSSR count). The number of amides is 1. The lowest BCUT2D eigenvalue weighted by molar-refractivity contribution is -0.120. The van der Waals surface area contributed by atoms with E-state index in [1.165, 1.54) is 0 Å². The summed E-state index contributed by atoms with van der Waals surface area (Å²) in [5.74, 6) is 0.290. The zero-order valence-corrected chi connectivity index (χ0v) is 11.8. The first-order chi connectivity index (χ1) is 8.77. The van der Waals surface area contributed by atoms with Crippen LogP contribution >= 0.6 is 0 Å². The average molecular weight is 253 g/mol. The lowest BCUT2D eigenvalue weighted by atomic mass is 10.2. The van der Waals surface area contributed by atoms with Crippen LogP contribution < -0.4 is 10.1 Å². The SMILES string of the molecule is CC.CC.CCNC(=O)c1ccc(OC=O)cc1. The lowest BCUT2D eigenvalue weighted by Crippen LogP contribution is -2.22. The number of carbonyl (C=O) groups is 2. The van der Waals surface area contributed by atoms with Crippen LogP contribution in [-0.2, 0) is 4.79 Å². The van der Waals surface area contributed by atoms with E-state index in [-0.39, 0.29) is 5.91 Å². The van der Waals surface area contributed by atoms with E-state index in [2.05, 4.69) is 10.1 Å². The molecule has 0 saturated heterocycles. The molecular weight excluding hydrogens is 230 g/mol. The van der Waals surface area contributed by atoms with Gasteiger partial charge >= 0.3 is 0 Å². The number of benzene rings is 1. The quantitative estimate of drug-likeness (QED) is 0.839. The summed E-state index contributed by atoms with van der Waals surface area (Å²) < 4.78 is 4.59. The first-order valence-electron chi connectivity index (χ1n) is 6.26. The molecule has 4 heteroatoms. The van der Waals surface area contributed by atoms with E-state index in [0.29, 0.717) is 24.3 Å². The Morgan fingerprint density at radius 2 is 1.67 bits per heavy atom. The zero-order chi connectivity index (χ0) is 14.4. The van der Waals surface area contributed by atoms with Gasteiger partial charge in [0.05, 0.1) is 0 Å². The minimum atomic E-state index is -0.134. The summed E-state index contributed by atoms with van der Waals surface area (Å²) in [4.78, 5) is 21.3. The molecule has 1 N–H and O–H groups in total. The fraction of sp³-hybridized carbons (Fsp3) is 0.429. The summed E-state index contributed by atoms with van der Waals surface area (Å²) in [6.07, 6.45) is 0. The van der Waals surface area contributed by atoms with Gasteiger partial charge in [0.1, 0.15) is 5.75 Å². The maximum Gasteiger partial charge on any atom is 0.298 e. The van der Waals surface area contributed by atoms with E-state index in [1.807, 2.05) is 34.6 Å². The van der Waals surface area contributed by atoms with Gasteiger partial charge in [0.25, 0.3) is 12.4 Å². The van der Waals surface area contributed by atoms with E-state index in [9.17, 15) is 9.59 Å². The molecule has 0 saturated carbocycles. The Kier molecular flexibility index (Phi) is 13.6. The predicted octanol–water partition coefficient (Wildman–Crippen LogP) is 3.02. The second-order valence-corrected chi connectivity index (χ2v) is 2.60. The third-order valence-corrected chi connectivity index (χ3v) is 1.64. The topological polar surface area (TPSA) is 55.4 Å². The van der Waals surface area contributed by atoms with Crippen molar-refractivity contribution >= 4 is 12.4 Å². The highest BCUT2D eigenvalue weighted by Gasteiger charge is 2.03. The normalized spacial score (nSPS) is 7.83. The van der Waals surface area contributed by atoms with Crippen LogP contribution in [0.5, 0.6) is 5.75 Å². The van der Waals surface area contributed by atoms with Gasteiger partial charge in [0.15, 0.2) is 0 Å². The number of carbonyl (C=O) groups excluding carboxylic acids is 2. The Hall–Kier alpha value is -1.84. The van der Waals surface area contributed by atoms with Crippen molar-refractivity contribution in [2.45, 2.75) is 34.6 Å². The molecule has 0 atom stereocenters. The Balaban J connectivity index is 0. The van der Waals surface area contributed by atoms with Gasteiger partial charge in [-0.15, -0.1) is 0 Å². The molecule has 18 heavy (non-hydrogen) atoms. The van der Waals surface area contributed by atoms with Crippen molar-refractivity contribution < 1.29 is 14.3 Å². The lowest BCUT2D eigenvalue weighted by Gasteiger charge is -2.02. The van der Waals surface area contributed by atoms with Crippen LogP contribution in [0.25, 0.3) is 0 Å². The Morgan fingerprint density at radius 1 is 1.17 bits per heavy atom. The molecule has 4 nitrogen and oxygen atoms in total. The van der Waals surface area contributed by atoms with Crippen molar-refractivity contribution in [3.63, 3.8) is 0 Å². The zero-order valence-electron chi connectivity index (χ0n) is 11.8. The Bertz CT molecular complexity index is 320. The Morgan fingerprint density at radius 3 is 2.06 bits per heavy atom. The van der Waals surface area contributed by atoms with Crippen LogP contribution in [0.15, 0.2) is 24.3 Å². The fourth-order valence-corrected chi connectivity index (χ4v) is 1.00. The molecule has 0 heterocycles. The van der Waals surface area contributed by atoms with E-state index in [4.69, 9.17) is 0 Å². The highest BCUT2D eigenvalue weighted by molar-refractivity contribution is 5.94. The fourth-order valence-electron chi connectivity index (χ4n) is 1.00. The third-order valence-electron chi connectivity index (χ3n) is 1.64. The highest BCUT2D eigenvalue weighted by Crippen LogP contribution is 2.10. The van der Waals surface area contributed by atoms with Crippen molar-refractivity contribution in [1.82, 2.24) is 5.32 Å². The number of hydrogen-bond donors (Lipinski definition) is 1. The molecule has 0 aliphatic carbocycles. The van der Waals surface area contributed by atoms with Crippen molar-refractivity contribution in [2.24, 2.45) is 0 Å². The van der Waals surface area contributed by atoms with E-state index in [1.54, 1.807) is 24.3 Å². The second kappa shape index (κ2) is 13.2.